The number of ether oxygens (including phenoxy) is 1. The van der Waals surface area contributed by atoms with Crippen LogP contribution in [-0.2, 0) is 9.53 Å². The number of aromatic nitrogens is 2. The molecule has 1 heterocycles. The van der Waals surface area contributed by atoms with Crippen molar-refractivity contribution in [3.63, 3.8) is 0 Å². The molecule has 0 aromatic carbocycles. The Labute approximate surface area is 151 Å². The topological polar surface area (TPSA) is 120 Å². The molecule has 1 aromatic heterocycles. The lowest BCUT2D eigenvalue weighted by Crippen LogP contribution is -2.36. The average molecular weight is 357 g/mol. The molecule has 2 unspecified atom stereocenters. The number of hydrogen-bond acceptors (Lipinski definition) is 5. The molecule has 3 saturated carbocycles. The number of amides is 2. The van der Waals surface area contributed by atoms with E-state index in [0.29, 0.717) is 12.2 Å². The molecule has 8 heteroatoms. The van der Waals surface area contributed by atoms with E-state index in [1.54, 1.807) is 0 Å². The van der Waals surface area contributed by atoms with Crippen molar-refractivity contribution >= 4 is 17.8 Å². The van der Waals surface area contributed by atoms with Gasteiger partial charge in [0.05, 0.1) is 17.9 Å². The van der Waals surface area contributed by atoms with E-state index in [2.05, 4.69) is 26.9 Å². The van der Waals surface area contributed by atoms with E-state index in [9.17, 15) is 9.59 Å². The quantitative estimate of drug-likeness (QED) is 0.747. The first-order chi connectivity index (χ1) is 12.5. The highest BCUT2D eigenvalue weighted by molar-refractivity contribution is 5.94. The average Bonchev–Trinajstić information content (AvgIpc) is 3.42. The van der Waals surface area contributed by atoms with Crippen molar-refractivity contribution in [3.8, 4) is 6.07 Å². The van der Waals surface area contributed by atoms with E-state index >= 15 is 0 Å². The van der Waals surface area contributed by atoms with Gasteiger partial charge in [0.1, 0.15) is 6.10 Å². The number of carbonyl (C=O) groups excluding carboxylic acids is 2. The second kappa shape index (κ2) is 6.31. The van der Waals surface area contributed by atoms with Crippen molar-refractivity contribution < 1.29 is 14.3 Å². The van der Waals surface area contributed by atoms with E-state index in [-0.39, 0.29) is 41.4 Å². The molecule has 1 aromatic rings. The normalized spacial score (nSPS) is 30.9. The largest absolute Gasteiger partial charge is 0.446 e. The Morgan fingerprint density at radius 1 is 1.38 bits per heavy atom. The van der Waals surface area contributed by atoms with Crippen LogP contribution in [-0.4, -0.2) is 33.8 Å². The molecule has 0 aliphatic heterocycles. The minimum atomic E-state index is -0.329. The smallest absolute Gasteiger partial charge is 0.407 e. The van der Waals surface area contributed by atoms with Crippen LogP contribution in [0.1, 0.15) is 57.1 Å². The van der Waals surface area contributed by atoms with Gasteiger partial charge in [0.25, 0.3) is 0 Å². The molecule has 0 saturated heterocycles. The van der Waals surface area contributed by atoms with Crippen LogP contribution in [0.25, 0.3) is 0 Å². The van der Waals surface area contributed by atoms with Crippen molar-refractivity contribution in [1.82, 2.24) is 15.5 Å². The van der Waals surface area contributed by atoms with E-state index in [1.165, 1.54) is 0 Å². The van der Waals surface area contributed by atoms with Crippen LogP contribution in [0.3, 0.4) is 0 Å². The Morgan fingerprint density at radius 2 is 2.19 bits per heavy atom. The Kier molecular flexibility index (Phi) is 4.10. The summed E-state index contributed by atoms with van der Waals surface area (Å²) in [5.74, 6) is 0.196. The molecule has 0 radical (unpaired) electrons. The number of anilines is 1. The molecule has 2 amide bonds. The van der Waals surface area contributed by atoms with Crippen LogP contribution in [0.2, 0.25) is 0 Å². The second-order valence-corrected chi connectivity index (χ2v) is 8.00. The second-order valence-electron chi connectivity index (χ2n) is 8.00. The van der Waals surface area contributed by atoms with Gasteiger partial charge in [0.2, 0.25) is 5.91 Å². The van der Waals surface area contributed by atoms with Crippen LogP contribution in [0.15, 0.2) is 6.07 Å². The van der Waals surface area contributed by atoms with Gasteiger partial charge < -0.3 is 15.4 Å². The van der Waals surface area contributed by atoms with Crippen LogP contribution >= 0.6 is 0 Å². The number of hydrogen-bond donors (Lipinski definition) is 3. The first-order valence-electron chi connectivity index (χ1n) is 9.20. The number of nitriles is 1. The number of rotatable bonds is 5. The Hall–Kier alpha value is -2.56. The highest BCUT2D eigenvalue weighted by Crippen LogP contribution is 2.39. The number of nitrogens with zero attached hydrogens (tertiary/aromatic N) is 2. The fourth-order valence-electron chi connectivity index (χ4n) is 3.53. The Morgan fingerprint density at radius 3 is 2.88 bits per heavy atom. The standard InChI is InChI=1S/C18H23N5O3/c1-18(4-5-18)21-17(25)26-12-3-2-10(6-12)14-8-15(23-22-14)20-16(24)13-7-11(13)9-19/h8,10-13H,2-7H2,1H3,(H,21,25)(H2,20,22,23,24)/t10-,11?,12+,13?/m1/s1. The van der Waals surface area contributed by atoms with Gasteiger partial charge >= 0.3 is 6.09 Å². The van der Waals surface area contributed by atoms with E-state index in [0.717, 1.165) is 37.8 Å². The fraction of sp³-hybridized carbons (Fsp3) is 0.667. The highest BCUT2D eigenvalue weighted by Gasteiger charge is 2.43. The molecular weight excluding hydrogens is 334 g/mol. The van der Waals surface area contributed by atoms with Crippen LogP contribution < -0.4 is 10.6 Å². The molecule has 3 N–H and O–H groups in total. The number of aromatic amines is 1. The van der Waals surface area contributed by atoms with Crippen molar-refractivity contribution in [1.29, 1.82) is 5.26 Å². The summed E-state index contributed by atoms with van der Waals surface area (Å²) in [5, 5.41) is 21.6. The molecule has 138 valence electrons. The van der Waals surface area contributed by atoms with Gasteiger partial charge in [-0.25, -0.2) is 4.79 Å². The van der Waals surface area contributed by atoms with Gasteiger partial charge in [-0.2, -0.15) is 10.4 Å². The third-order valence-electron chi connectivity index (χ3n) is 5.64. The summed E-state index contributed by atoms with van der Waals surface area (Å²) in [6, 6.07) is 3.94. The lowest BCUT2D eigenvalue weighted by atomic mass is 10.0. The molecule has 26 heavy (non-hydrogen) atoms. The number of alkyl carbamates (subject to hydrolysis) is 1. The predicted octanol–water partition coefficient (Wildman–Crippen LogP) is 2.42. The zero-order valence-electron chi connectivity index (χ0n) is 14.7. The summed E-state index contributed by atoms with van der Waals surface area (Å²) in [4.78, 5) is 23.9. The number of nitrogens with one attached hydrogen (secondary N) is 3. The summed E-state index contributed by atoms with van der Waals surface area (Å²) in [5.41, 5.74) is 0.867. The van der Waals surface area contributed by atoms with E-state index in [4.69, 9.17) is 10.00 Å². The lowest BCUT2D eigenvalue weighted by Gasteiger charge is -2.16. The van der Waals surface area contributed by atoms with Crippen molar-refractivity contribution in [3.05, 3.63) is 11.8 Å². The molecule has 3 aliphatic rings. The van der Waals surface area contributed by atoms with Gasteiger partial charge in [-0.05, 0) is 45.4 Å². The molecule has 3 fully saturated rings. The summed E-state index contributed by atoms with van der Waals surface area (Å²) >= 11 is 0. The molecule has 3 aliphatic carbocycles. The first kappa shape index (κ1) is 16.9. The van der Waals surface area contributed by atoms with E-state index < -0.39 is 0 Å². The molecule has 4 atom stereocenters. The van der Waals surface area contributed by atoms with Gasteiger partial charge in [0, 0.05) is 23.2 Å². The SMILES string of the molecule is CC1(NC(=O)O[C@H]2CC[C@@H](c3cc(NC(=O)C4CC4C#N)n[nH]3)C2)CC1. The Balaban J connectivity index is 1.26. The van der Waals surface area contributed by atoms with Gasteiger partial charge in [0.15, 0.2) is 5.82 Å². The van der Waals surface area contributed by atoms with Crippen LogP contribution in [0.4, 0.5) is 10.6 Å². The zero-order valence-corrected chi connectivity index (χ0v) is 14.7. The number of carbonyl (C=O) groups is 2. The molecule has 0 spiro atoms. The van der Waals surface area contributed by atoms with Crippen molar-refractivity contribution in [2.45, 2.75) is 63.0 Å². The third kappa shape index (κ3) is 3.66. The van der Waals surface area contributed by atoms with Crippen LogP contribution in [0.5, 0.6) is 0 Å². The maximum absolute atomic E-state index is 12.0. The molecule has 4 rings (SSSR count). The Bertz CT molecular complexity index is 763. The fourth-order valence-corrected chi connectivity index (χ4v) is 3.53. The maximum Gasteiger partial charge on any atom is 0.407 e. The molecule has 0 bridgehead atoms. The van der Waals surface area contributed by atoms with Gasteiger partial charge in [-0.15, -0.1) is 0 Å². The maximum atomic E-state index is 12.0. The zero-order chi connectivity index (χ0) is 18.3. The minimum absolute atomic E-state index is 0.0717. The lowest BCUT2D eigenvalue weighted by molar-refractivity contribution is -0.117. The minimum Gasteiger partial charge on any atom is -0.446 e. The first-order valence-corrected chi connectivity index (χ1v) is 9.20. The molecular formula is C18H23N5O3. The van der Waals surface area contributed by atoms with Crippen molar-refractivity contribution in [2.24, 2.45) is 11.8 Å². The summed E-state index contributed by atoms with van der Waals surface area (Å²) in [6.07, 6.45) is 4.70. The number of H-pyrrole nitrogens is 1. The van der Waals surface area contributed by atoms with Gasteiger partial charge in [-0.1, -0.05) is 0 Å². The third-order valence-corrected chi connectivity index (χ3v) is 5.64. The van der Waals surface area contributed by atoms with Crippen LogP contribution in [0, 0.1) is 23.2 Å². The summed E-state index contributed by atoms with van der Waals surface area (Å²) < 4.78 is 5.53. The monoisotopic (exact) mass is 357 g/mol. The van der Waals surface area contributed by atoms with Crippen molar-refractivity contribution in [2.75, 3.05) is 5.32 Å². The summed E-state index contributed by atoms with van der Waals surface area (Å²) in [6.45, 7) is 2.02. The molecule has 8 nitrogen and oxygen atoms in total. The summed E-state index contributed by atoms with van der Waals surface area (Å²) in [7, 11) is 0. The van der Waals surface area contributed by atoms with Gasteiger partial charge in [-0.3, -0.25) is 9.89 Å². The van der Waals surface area contributed by atoms with E-state index in [1.807, 2.05) is 13.0 Å². The highest BCUT2D eigenvalue weighted by atomic mass is 16.6. The predicted molar refractivity (Wildman–Crippen MR) is 92.1 cm³/mol.